The van der Waals surface area contributed by atoms with E-state index >= 15 is 0 Å². The summed E-state index contributed by atoms with van der Waals surface area (Å²) >= 11 is 0. The highest BCUT2D eigenvalue weighted by Gasteiger charge is 2.61. The van der Waals surface area contributed by atoms with E-state index in [0.717, 1.165) is 72.3 Å². The van der Waals surface area contributed by atoms with Crippen molar-refractivity contribution < 1.29 is 18.0 Å². The van der Waals surface area contributed by atoms with Gasteiger partial charge in [-0.1, -0.05) is 97.9 Å². The van der Waals surface area contributed by atoms with Crippen molar-refractivity contribution in [1.29, 1.82) is 0 Å². The molecule has 0 radical (unpaired) electrons. The highest BCUT2D eigenvalue weighted by molar-refractivity contribution is 6.46. The highest BCUT2D eigenvalue weighted by atomic mass is 19.4. The van der Waals surface area contributed by atoms with Gasteiger partial charge in [-0.15, -0.1) is 0 Å². The normalized spacial score (nSPS) is 41.6. The standard InChI is InChI=1S/C44H65F3N2O/c1-28(2)12-11-13-29(3)34-18-19-35-32-17-16-30-26-31(20-24-40(30,4)36(32)21-25-41(34,35)5)48-39(50)38-33-14-7-8-15-37(33)42(6)22-9-10-23-43(42,49-38)27-44(45,46)47/h7-8,14-15,28-32,34-36H,9-13,16-27H2,1-6H3,(H,48,50)/t29?,30?,31-,32+,34-,35+,36+,40+,41-,42+,43-/m1/s1. The third-order valence-corrected chi connectivity index (χ3v) is 16.6. The maximum Gasteiger partial charge on any atom is 0.391 e. The molecule has 1 aromatic carbocycles. The van der Waals surface area contributed by atoms with Crippen LogP contribution in [0.5, 0.6) is 0 Å². The zero-order valence-electron chi connectivity index (χ0n) is 31.9. The molecule has 7 rings (SSSR count). The van der Waals surface area contributed by atoms with Crippen molar-refractivity contribution in [3.63, 3.8) is 0 Å². The van der Waals surface area contributed by atoms with Crippen molar-refractivity contribution in [2.75, 3.05) is 0 Å². The summed E-state index contributed by atoms with van der Waals surface area (Å²) in [5, 5.41) is 3.37. The molecular weight excluding hydrogens is 629 g/mol. The third kappa shape index (κ3) is 6.10. The van der Waals surface area contributed by atoms with Gasteiger partial charge in [-0.25, -0.2) is 0 Å². The number of halogens is 3. The van der Waals surface area contributed by atoms with Gasteiger partial charge in [-0.2, -0.15) is 13.2 Å². The van der Waals surface area contributed by atoms with Gasteiger partial charge in [0, 0.05) is 17.0 Å². The van der Waals surface area contributed by atoms with Crippen molar-refractivity contribution in [1.82, 2.24) is 5.32 Å². The average molecular weight is 695 g/mol. The fraction of sp³-hybridized carbons (Fsp3) is 0.818. The Balaban J connectivity index is 1.05. The van der Waals surface area contributed by atoms with Crippen LogP contribution < -0.4 is 5.32 Å². The SMILES string of the molecule is CC(C)CCCC(C)[C@H]1CC[C@H]2[C@@H]3CCC4C[C@H](NC(=O)C5=N[C@@]6(CC(F)(F)F)CCCC[C@@]6(C)c6ccccc65)CC[C@]4(C)[C@H]3CC[C@]12C. The first kappa shape index (κ1) is 36.5. The first-order valence-electron chi connectivity index (χ1n) is 20.7. The minimum absolute atomic E-state index is 0.0432. The second kappa shape index (κ2) is 13.2. The van der Waals surface area contributed by atoms with Gasteiger partial charge < -0.3 is 5.32 Å². The number of alkyl halides is 3. The quantitative estimate of drug-likeness (QED) is 0.289. The molecule has 11 atom stereocenters. The van der Waals surface area contributed by atoms with Crippen LogP contribution in [0.15, 0.2) is 29.3 Å². The first-order chi connectivity index (χ1) is 23.6. The van der Waals surface area contributed by atoms with Gasteiger partial charge >= 0.3 is 6.18 Å². The van der Waals surface area contributed by atoms with E-state index in [2.05, 4.69) is 39.9 Å². The Kier molecular flexibility index (Phi) is 9.65. The largest absolute Gasteiger partial charge is 0.391 e. The van der Waals surface area contributed by atoms with Crippen LogP contribution in [-0.2, 0) is 10.2 Å². The number of aliphatic imine (C=N–C) groups is 1. The predicted octanol–water partition coefficient (Wildman–Crippen LogP) is 11.6. The molecule has 2 unspecified atom stereocenters. The summed E-state index contributed by atoms with van der Waals surface area (Å²) in [6, 6.07) is 7.70. The first-order valence-corrected chi connectivity index (χ1v) is 20.7. The number of rotatable bonds is 8. The number of fused-ring (bicyclic) bond motifs is 8. The van der Waals surface area contributed by atoms with E-state index in [1.54, 1.807) is 0 Å². The molecule has 0 saturated heterocycles. The molecule has 5 aliphatic carbocycles. The van der Waals surface area contributed by atoms with Gasteiger partial charge in [0.1, 0.15) is 5.71 Å². The summed E-state index contributed by atoms with van der Waals surface area (Å²) in [5.41, 5.74) is 0.526. The molecule has 1 amide bonds. The van der Waals surface area contributed by atoms with E-state index in [4.69, 9.17) is 4.99 Å². The minimum atomic E-state index is -4.36. The molecule has 1 N–H and O–H groups in total. The average Bonchev–Trinajstić information content (AvgIpc) is 3.41. The molecule has 1 heterocycles. The van der Waals surface area contributed by atoms with Crippen molar-refractivity contribution in [2.45, 2.75) is 174 Å². The molecule has 5 saturated carbocycles. The molecule has 0 bridgehead atoms. The molecule has 0 aromatic heterocycles. The van der Waals surface area contributed by atoms with Gasteiger partial charge in [0.15, 0.2) is 0 Å². The Bertz CT molecular complexity index is 1450. The summed E-state index contributed by atoms with van der Waals surface area (Å²) in [5.74, 6) is 5.25. The van der Waals surface area contributed by atoms with Crippen LogP contribution in [0.3, 0.4) is 0 Å². The molecule has 3 nitrogen and oxygen atoms in total. The number of nitrogens with zero attached hydrogens (tertiary/aromatic N) is 1. The fourth-order valence-electron chi connectivity index (χ4n) is 13.9. The Hall–Kier alpha value is -1.85. The van der Waals surface area contributed by atoms with E-state index < -0.39 is 23.6 Å². The number of benzene rings is 1. The summed E-state index contributed by atoms with van der Waals surface area (Å²) in [7, 11) is 0. The van der Waals surface area contributed by atoms with Gasteiger partial charge in [0.2, 0.25) is 0 Å². The van der Waals surface area contributed by atoms with Crippen molar-refractivity contribution >= 4 is 11.6 Å². The molecule has 1 aliphatic heterocycles. The lowest BCUT2D eigenvalue weighted by atomic mass is 9.44. The molecule has 6 heteroatoms. The molecule has 6 aliphatic rings. The van der Waals surface area contributed by atoms with Crippen LogP contribution in [0.25, 0.3) is 0 Å². The van der Waals surface area contributed by atoms with E-state index in [-0.39, 0.29) is 17.7 Å². The summed E-state index contributed by atoms with van der Waals surface area (Å²) in [4.78, 5) is 19.1. The number of hydrogen-bond acceptors (Lipinski definition) is 2. The fourth-order valence-corrected chi connectivity index (χ4v) is 13.9. The Morgan fingerprint density at radius 3 is 2.36 bits per heavy atom. The Morgan fingerprint density at radius 2 is 1.60 bits per heavy atom. The van der Waals surface area contributed by atoms with Crippen LogP contribution >= 0.6 is 0 Å². The number of hydrogen-bond donors (Lipinski definition) is 1. The Labute approximate surface area is 300 Å². The van der Waals surface area contributed by atoms with Crippen molar-refractivity contribution in [3.8, 4) is 0 Å². The molecule has 0 spiro atoms. The topological polar surface area (TPSA) is 41.5 Å². The molecule has 50 heavy (non-hydrogen) atoms. The monoisotopic (exact) mass is 695 g/mol. The van der Waals surface area contributed by atoms with Crippen LogP contribution in [-0.4, -0.2) is 29.4 Å². The number of nitrogens with one attached hydrogen (secondary N) is 1. The summed E-state index contributed by atoms with van der Waals surface area (Å²) in [6.45, 7) is 14.5. The molecule has 5 fully saturated rings. The smallest absolute Gasteiger partial charge is 0.348 e. The van der Waals surface area contributed by atoms with Crippen LogP contribution in [0.4, 0.5) is 13.2 Å². The number of amides is 1. The molecular formula is C44H65F3N2O. The van der Waals surface area contributed by atoms with Crippen LogP contribution in [0.2, 0.25) is 0 Å². The second-order valence-corrected chi connectivity index (χ2v) is 19.5. The lowest BCUT2D eigenvalue weighted by molar-refractivity contribution is -0.156. The van der Waals surface area contributed by atoms with E-state index in [0.29, 0.717) is 36.0 Å². The highest BCUT2D eigenvalue weighted by Crippen LogP contribution is 2.68. The van der Waals surface area contributed by atoms with Crippen LogP contribution in [0.1, 0.15) is 162 Å². The summed E-state index contributed by atoms with van der Waals surface area (Å²) in [6.07, 6.45) is 12.5. The number of carbonyl (C=O) groups excluding carboxylic acids is 1. The zero-order chi connectivity index (χ0) is 35.7. The van der Waals surface area contributed by atoms with E-state index in [1.807, 2.05) is 31.2 Å². The maximum atomic E-state index is 14.2. The van der Waals surface area contributed by atoms with Gasteiger partial charge in [0.05, 0.1) is 12.0 Å². The lowest BCUT2D eigenvalue weighted by Crippen LogP contribution is -2.58. The minimum Gasteiger partial charge on any atom is -0.348 e. The van der Waals surface area contributed by atoms with Gasteiger partial charge in [-0.05, 0) is 128 Å². The predicted molar refractivity (Wildman–Crippen MR) is 197 cm³/mol. The van der Waals surface area contributed by atoms with Gasteiger partial charge in [-0.3, -0.25) is 9.79 Å². The molecule has 278 valence electrons. The lowest BCUT2D eigenvalue weighted by Gasteiger charge is -2.61. The maximum absolute atomic E-state index is 14.2. The third-order valence-electron chi connectivity index (χ3n) is 16.6. The summed E-state index contributed by atoms with van der Waals surface area (Å²) < 4.78 is 42.6. The van der Waals surface area contributed by atoms with Crippen LogP contribution in [0, 0.1) is 52.3 Å². The zero-order valence-corrected chi connectivity index (χ0v) is 31.9. The van der Waals surface area contributed by atoms with Crippen molar-refractivity contribution in [2.24, 2.45) is 57.2 Å². The Morgan fingerprint density at radius 1 is 0.880 bits per heavy atom. The molecule has 1 aromatic rings. The number of carbonyl (C=O) groups is 1. The van der Waals surface area contributed by atoms with E-state index in [1.165, 1.54) is 57.8 Å². The van der Waals surface area contributed by atoms with Crippen molar-refractivity contribution in [3.05, 3.63) is 35.4 Å². The van der Waals surface area contributed by atoms with Gasteiger partial charge in [0.25, 0.3) is 5.91 Å². The van der Waals surface area contributed by atoms with E-state index in [9.17, 15) is 18.0 Å². The second-order valence-electron chi connectivity index (χ2n) is 19.5.